The minimum atomic E-state index is -0.530. The molecule has 1 aromatic carbocycles. The Bertz CT molecular complexity index is 464. The van der Waals surface area contributed by atoms with Crippen LogP contribution in [0, 0.1) is 5.41 Å². The Morgan fingerprint density at radius 2 is 1.70 bits per heavy atom. The Morgan fingerprint density at radius 3 is 2.15 bits per heavy atom. The Morgan fingerprint density at radius 1 is 1.15 bits per heavy atom. The number of carbonyl (C=O) groups is 1. The maximum atomic E-state index is 12.5. The third-order valence-corrected chi connectivity index (χ3v) is 2.82. The largest absolute Gasteiger partial charge is 0.508 e. The van der Waals surface area contributed by atoms with Crippen LogP contribution in [0.15, 0.2) is 24.3 Å². The number of hydrogen-bond acceptors (Lipinski definition) is 3. The van der Waals surface area contributed by atoms with Crippen molar-refractivity contribution in [1.29, 1.82) is 0 Å². The monoisotopic (exact) mass is 278 g/mol. The maximum absolute atomic E-state index is 12.5. The van der Waals surface area contributed by atoms with Gasteiger partial charge in [0.1, 0.15) is 11.4 Å². The van der Waals surface area contributed by atoms with Crippen LogP contribution in [0.4, 0.5) is 0 Å². The van der Waals surface area contributed by atoms with Crippen LogP contribution in [0.5, 0.6) is 5.75 Å². The van der Waals surface area contributed by atoms with E-state index in [0.29, 0.717) is 12.0 Å². The number of rotatable bonds is 3. The predicted molar refractivity (Wildman–Crippen MR) is 80.8 cm³/mol. The lowest BCUT2D eigenvalue weighted by molar-refractivity contribution is -0.157. The van der Waals surface area contributed by atoms with Crippen molar-refractivity contribution in [2.75, 3.05) is 0 Å². The Kier molecular flexibility index (Phi) is 4.85. The molecule has 20 heavy (non-hydrogen) atoms. The number of para-hydroxylation sites is 1. The molecule has 1 aromatic rings. The minimum Gasteiger partial charge on any atom is -0.508 e. The standard InChI is InChI=1S/C17H26O3/c1-16(2,3)11-13(15(19)20-17(4,5)6)12-9-7-8-10-14(12)18/h7-10,13,18H,11H2,1-6H3. The van der Waals surface area contributed by atoms with E-state index in [0.717, 1.165) is 0 Å². The first-order chi connectivity index (χ1) is 8.99. The van der Waals surface area contributed by atoms with E-state index in [1.165, 1.54) is 0 Å². The molecule has 0 radical (unpaired) electrons. The molecule has 0 spiro atoms. The highest BCUT2D eigenvalue weighted by Crippen LogP contribution is 2.36. The second-order valence-corrected chi connectivity index (χ2v) is 7.41. The van der Waals surface area contributed by atoms with Gasteiger partial charge in [0.25, 0.3) is 0 Å². The van der Waals surface area contributed by atoms with E-state index in [1.807, 2.05) is 26.8 Å². The number of carbonyl (C=O) groups excluding carboxylic acids is 1. The summed E-state index contributed by atoms with van der Waals surface area (Å²) in [6, 6.07) is 6.97. The highest BCUT2D eigenvalue weighted by atomic mass is 16.6. The summed E-state index contributed by atoms with van der Waals surface area (Å²) in [6.07, 6.45) is 0.624. The minimum absolute atomic E-state index is 0.0378. The molecular weight excluding hydrogens is 252 g/mol. The van der Waals surface area contributed by atoms with E-state index < -0.39 is 11.5 Å². The van der Waals surface area contributed by atoms with Gasteiger partial charge in [0.05, 0.1) is 5.92 Å². The van der Waals surface area contributed by atoms with Crippen molar-refractivity contribution in [1.82, 2.24) is 0 Å². The lowest BCUT2D eigenvalue weighted by Crippen LogP contribution is -2.29. The van der Waals surface area contributed by atoms with Crippen LogP contribution in [-0.2, 0) is 9.53 Å². The van der Waals surface area contributed by atoms with Gasteiger partial charge in [-0.2, -0.15) is 0 Å². The van der Waals surface area contributed by atoms with Crippen molar-refractivity contribution < 1.29 is 14.6 Å². The van der Waals surface area contributed by atoms with E-state index in [4.69, 9.17) is 4.74 Å². The number of ether oxygens (including phenoxy) is 1. The molecule has 0 amide bonds. The second kappa shape index (κ2) is 5.86. The molecule has 0 bridgehead atoms. The first-order valence-electron chi connectivity index (χ1n) is 7.00. The molecule has 1 atom stereocenters. The Hall–Kier alpha value is -1.51. The summed E-state index contributed by atoms with van der Waals surface area (Å²) < 4.78 is 5.51. The van der Waals surface area contributed by atoms with E-state index in [-0.39, 0.29) is 17.1 Å². The SMILES string of the molecule is CC(C)(C)CC(C(=O)OC(C)(C)C)c1ccccc1O. The second-order valence-electron chi connectivity index (χ2n) is 7.41. The van der Waals surface area contributed by atoms with Crippen LogP contribution in [-0.4, -0.2) is 16.7 Å². The Balaban J connectivity index is 3.10. The van der Waals surface area contributed by atoms with Gasteiger partial charge in [-0.15, -0.1) is 0 Å². The van der Waals surface area contributed by atoms with Gasteiger partial charge in [0.15, 0.2) is 0 Å². The van der Waals surface area contributed by atoms with Gasteiger partial charge in [0.2, 0.25) is 0 Å². The first-order valence-corrected chi connectivity index (χ1v) is 7.00. The lowest BCUT2D eigenvalue weighted by Gasteiger charge is -2.28. The average molecular weight is 278 g/mol. The number of aromatic hydroxyl groups is 1. The molecule has 0 heterocycles. The fourth-order valence-electron chi connectivity index (χ4n) is 2.09. The van der Waals surface area contributed by atoms with Gasteiger partial charge in [-0.25, -0.2) is 0 Å². The normalized spacial score (nSPS) is 13.9. The smallest absolute Gasteiger partial charge is 0.314 e. The van der Waals surface area contributed by atoms with Crippen LogP contribution >= 0.6 is 0 Å². The predicted octanol–water partition coefficient (Wildman–Crippen LogP) is 4.25. The van der Waals surface area contributed by atoms with Gasteiger partial charge in [0, 0.05) is 5.56 Å². The lowest BCUT2D eigenvalue weighted by atomic mass is 9.81. The molecule has 1 rings (SSSR count). The van der Waals surface area contributed by atoms with Gasteiger partial charge >= 0.3 is 5.97 Å². The summed E-state index contributed by atoms with van der Waals surface area (Å²) in [4.78, 5) is 12.5. The first kappa shape index (κ1) is 16.5. The van der Waals surface area contributed by atoms with Crippen molar-refractivity contribution >= 4 is 5.97 Å². The van der Waals surface area contributed by atoms with E-state index >= 15 is 0 Å². The molecule has 0 aliphatic heterocycles. The quantitative estimate of drug-likeness (QED) is 0.841. The van der Waals surface area contributed by atoms with E-state index in [9.17, 15) is 9.90 Å². The summed E-state index contributed by atoms with van der Waals surface area (Å²) in [7, 11) is 0. The van der Waals surface area contributed by atoms with Gasteiger partial charge in [-0.1, -0.05) is 39.0 Å². The van der Waals surface area contributed by atoms with Crippen LogP contribution < -0.4 is 0 Å². The molecule has 1 unspecified atom stereocenters. The molecule has 0 aliphatic rings. The number of phenols is 1. The van der Waals surface area contributed by atoms with E-state index in [2.05, 4.69) is 20.8 Å². The molecule has 0 saturated heterocycles. The van der Waals surface area contributed by atoms with Crippen LogP contribution in [0.25, 0.3) is 0 Å². The number of hydrogen-bond donors (Lipinski definition) is 1. The fourth-order valence-corrected chi connectivity index (χ4v) is 2.09. The highest BCUT2D eigenvalue weighted by molar-refractivity contribution is 5.79. The highest BCUT2D eigenvalue weighted by Gasteiger charge is 2.31. The molecule has 0 saturated carbocycles. The number of phenolic OH excluding ortho intramolecular Hbond substituents is 1. The van der Waals surface area contributed by atoms with Gasteiger partial charge in [-0.05, 0) is 38.7 Å². The summed E-state index contributed by atoms with van der Waals surface area (Å²) in [5, 5.41) is 10.0. The zero-order chi connectivity index (χ0) is 15.6. The summed E-state index contributed by atoms with van der Waals surface area (Å²) >= 11 is 0. The van der Waals surface area contributed by atoms with Crippen molar-refractivity contribution in [2.24, 2.45) is 5.41 Å². The molecule has 0 aliphatic carbocycles. The van der Waals surface area contributed by atoms with Crippen molar-refractivity contribution in [3.63, 3.8) is 0 Å². The molecule has 3 nitrogen and oxygen atoms in total. The summed E-state index contributed by atoms with van der Waals surface area (Å²) in [6.45, 7) is 11.8. The number of benzene rings is 1. The van der Waals surface area contributed by atoms with Crippen LogP contribution in [0.2, 0.25) is 0 Å². The van der Waals surface area contributed by atoms with Gasteiger partial charge in [-0.3, -0.25) is 4.79 Å². The zero-order valence-corrected chi connectivity index (χ0v) is 13.4. The molecular formula is C17H26O3. The third-order valence-electron chi connectivity index (χ3n) is 2.82. The zero-order valence-electron chi connectivity index (χ0n) is 13.4. The van der Waals surface area contributed by atoms with Crippen molar-refractivity contribution in [3.8, 4) is 5.75 Å². The third kappa shape index (κ3) is 5.24. The molecule has 1 N–H and O–H groups in total. The molecule has 112 valence electrons. The summed E-state index contributed by atoms with van der Waals surface area (Å²) in [5.41, 5.74) is 0.0678. The van der Waals surface area contributed by atoms with Crippen LogP contribution in [0.3, 0.4) is 0 Å². The summed E-state index contributed by atoms with van der Waals surface area (Å²) in [5.74, 6) is -0.586. The average Bonchev–Trinajstić information content (AvgIpc) is 2.23. The molecule has 0 fully saturated rings. The maximum Gasteiger partial charge on any atom is 0.314 e. The van der Waals surface area contributed by atoms with Crippen molar-refractivity contribution in [2.45, 2.75) is 59.5 Å². The van der Waals surface area contributed by atoms with Crippen LogP contribution in [0.1, 0.15) is 59.4 Å². The Labute approximate surface area is 122 Å². The molecule has 3 heteroatoms. The molecule has 0 aromatic heterocycles. The van der Waals surface area contributed by atoms with Crippen molar-refractivity contribution in [3.05, 3.63) is 29.8 Å². The van der Waals surface area contributed by atoms with Gasteiger partial charge < -0.3 is 9.84 Å². The topological polar surface area (TPSA) is 46.5 Å². The number of esters is 1. The fraction of sp³-hybridized carbons (Fsp3) is 0.588. The van der Waals surface area contributed by atoms with E-state index in [1.54, 1.807) is 18.2 Å².